The van der Waals surface area contributed by atoms with Gasteiger partial charge in [-0.2, -0.15) is 10.2 Å². The second-order valence-electron chi connectivity index (χ2n) is 10.3. The molecule has 0 saturated carbocycles. The van der Waals surface area contributed by atoms with Crippen molar-refractivity contribution in [1.29, 1.82) is 0 Å². The molecule has 4 heterocycles. The highest BCUT2D eigenvalue weighted by molar-refractivity contribution is 9.10. The predicted octanol–water partition coefficient (Wildman–Crippen LogP) is 5.20. The highest BCUT2D eigenvalue weighted by Gasteiger charge is 2.40. The van der Waals surface area contributed by atoms with Crippen LogP contribution in [0.3, 0.4) is 0 Å². The van der Waals surface area contributed by atoms with E-state index in [1.807, 2.05) is 30.3 Å². The Kier molecular flexibility index (Phi) is 6.49. The molecule has 1 aromatic carbocycles. The van der Waals surface area contributed by atoms with Crippen molar-refractivity contribution < 1.29 is 14.7 Å². The van der Waals surface area contributed by atoms with Gasteiger partial charge in [-0.25, -0.2) is 19.0 Å². The molecular formula is C26H28BrN7O3. The van der Waals surface area contributed by atoms with Crippen molar-refractivity contribution in [3.8, 4) is 5.69 Å². The average molecular weight is 566 g/mol. The number of halogens is 1. The number of benzene rings is 1. The van der Waals surface area contributed by atoms with Crippen LogP contribution in [-0.4, -0.2) is 59.0 Å². The normalized spacial score (nSPS) is 18.2. The molecule has 2 unspecified atom stereocenters. The molecule has 5 rings (SSSR count). The Morgan fingerprint density at radius 2 is 1.95 bits per heavy atom. The molecule has 192 valence electrons. The lowest BCUT2D eigenvalue weighted by Gasteiger charge is -2.44. The molecule has 37 heavy (non-hydrogen) atoms. The maximum absolute atomic E-state index is 13.3. The lowest BCUT2D eigenvalue weighted by atomic mass is 9.76. The van der Waals surface area contributed by atoms with Gasteiger partial charge in [-0.15, -0.1) is 0 Å². The van der Waals surface area contributed by atoms with Gasteiger partial charge in [0.15, 0.2) is 5.65 Å². The largest absolute Gasteiger partial charge is 0.465 e. The van der Waals surface area contributed by atoms with Crippen molar-refractivity contribution in [2.45, 2.75) is 45.6 Å². The van der Waals surface area contributed by atoms with Gasteiger partial charge in [-0.1, -0.05) is 36.7 Å². The zero-order valence-corrected chi connectivity index (χ0v) is 22.4. The Morgan fingerprint density at radius 3 is 2.65 bits per heavy atom. The molecule has 1 aliphatic rings. The van der Waals surface area contributed by atoms with E-state index < -0.39 is 6.09 Å². The third-order valence-corrected chi connectivity index (χ3v) is 7.36. The monoisotopic (exact) mass is 565 g/mol. The number of nitrogens with zero attached hydrogens (tertiary/aromatic N) is 6. The van der Waals surface area contributed by atoms with Crippen molar-refractivity contribution in [3.05, 3.63) is 70.7 Å². The number of fused-ring (bicyclic) bond motifs is 1. The number of carboxylic acid groups (broad SMARTS) is 1. The number of carbonyl (C=O) groups excluding carboxylic acids is 1. The second-order valence-corrected chi connectivity index (χ2v) is 11.2. The number of nitrogens with one attached hydrogen (secondary N) is 1. The van der Waals surface area contributed by atoms with Gasteiger partial charge in [0.25, 0.3) is 5.91 Å². The van der Waals surface area contributed by atoms with Crippen LogP contribution in [0.1, 0.15) is 55.6 Å². The number of hydrogen-bond acceptors (Lipinski definition) is 5. The van der Waals surface area contributed by atoms with E-state index in [1.54, 1.807) is 32.6 Å². The number of rotatable bonds is 4. The van der Waals surface area contributed by atoms with Gasteiger partial charge in [-0.05, 0) is 48.6 Å². The standard InChI is InChI=1S/C26H28BrN7O3/c1-26(2,3)21-13-16(9-12-32(21)25(36)37)20-14-22(34(31-20)18-7-5-17(27)6-8-18)30-24(35)19-15-29-33-11-4-10-28-23(19)33/h4-8,10-11,14-16,21H,9,12-13H2,1-3H3,(H,30,35)(H,36,37). The summed E-state index contributed by atoms with van der Waals surface area (Å²) >= 11 is 3.47. The number of hydrogen-bond donors (Lipinski definition) is 2. The SMILES string of the molecule is CC(C)(C)C1CC(c2cc(NC(=O)c3cnn4cccnc34)n(-c3ccc(Br)cc3)n2)CCN1C(=O)O. The van der Waals surface area contributed by atoms with Gasteiger partial charge in [0, 0.05) is 41.4 Å². The number of anilines is 1. The highest BCUT2D eigenvalue weighted by atomic mass is 79.9. The number of aromatic nitrogens is 5. The topological polar surface area (TPSA) is 118 Å². The summed E-state index contributed by atoms with van der Waals surface area (Å²) in [7, 11) is 0. The number of carbonyl (C=O) groups is 2. The summed E-state index contributed by atoms with van der Waals surface area (Å²) in [5.74, 6) is 0.225. The Bertz CT molecular complexity index is 1460. The van der Waals surface area contributed by atoms with E-state index in [0.29, 0.717) is 36.4 Å². The Hall–Kier alpha value is -3.73. The Morgan fingerprint density at radius 1 is 1.19 bits per heavy atom. The van der Waals surface area contributed by atoms with Gasteiger partial charge in [0.05, 0.1) is 17.6 Å². The fraction of sp³-hybridized carbons (Fsp3) is 0.346. The van der Waals surface area contributed by atoms with Crippen molar-refractivity contribution in [1.82, 2.24) is 29.3 Å². The molecule has 4 aromatic rings. The lowest BCUT2D eigenvalue weighted by Crippen LogP contribution is -2.51. The number of piperidine rings is 1. The quantitative estimate of drug-likeness (QED) is 0.351. The van der Waals surface area contributed by atoms with Gasteiger partial charge in [0.2, 0.25) is 0 Å². The number of amides is 2. The van der Waals surface area contributed by atoms with Crippen LogP contribution in [-0.2, 0) is 0 Å². The maximum atomic E-state index is 13.3. The molecule has 11 heteroatoms. The summed E-state index contributed by atoms with van der Waals surface area (Å²) in [5.41, 5.74) is 2.20. The summed E-state index contributed by atoms with van der Waals surface area (Å²) in [5, 5.41) is 21.9. The van der Waals surface area contributed by atoms with Gasteiger partial charge >= 0.3 is 6.09 Å². The van der Waals surface area contributed by atoms with Crippen molar-refractivity contribution >= 4 is 39.4 Å². The fourth-order valence-corrected chi connectivity index (χ4v) is 5.19. The lowest BCUT2D eigenvalue weighted by molar-refractivity contribution is 0.0520. The van der Waals surface area contributed by atoms with Crippen LogP contribution in [0.5, 0.6) is 0 Å². The van der Waals surface area contributed by atoms with Gasteiger partial charge < -0.3 is 15.3 Å². The molecule has 0 bridgehead atoms. The summed E-state index contributed by atoms with van der Waals surface area (Å²) < 4.78 is 4.20. The van der Waals surface area contributed by atoms with E-state index in [9.17, 15) is 14.7 Å². The van der Waals surface area contributed by atoms with E-state index in [-0.39, 0.29) is 23.3 Å². The van der Waals surface area contributed by atoms with Crippen LogP contribution in [0.4, 0.5) is 10.6 Å². The summed E-state index contributed by atoms with van der Waals surface area (Å²) in [4.78, 5) is 31.0. The molecule has 2 amide bonds. The van der Waals surface area contributed by atoms with E-state index in [1.165, 1.54) is 6.20 Å². The summed E-state index contributed by atoms with van der Waals surface area (Å²) in [6.07, 6.45) is 5.26. The smallest absolute Gasteiger partial charge is 0.407 e. The molecule has 0 spiro atoms. The van der Waals surface area contributed by atoms with E-state index >= 15 is 0 Å². The molecule has 2 N–H and O–H groups in total. The average Bonchev–Trinajstić information content (AvgIpc) is 3.48. The molecular weight excluding hydrogens is 538 g/mol. The zero-order chi connectivity index (χ0) is 26.3. The fourth-order valence-electron chi connectivity index (χ4n) is 4.92. The minimum atomic E-state index is -0.895. The zero-order valence-electron chi connectivity index (χ0n) is 20.8. The summed E-state index contributed by atoms with van der Waals surface area (Å²) in [6, 6.07) is 11.1. The molecule has 1 aliphatic heterocycles. The molecule has 0 radical (unpaired) electrons. The van der Waals surface area contributed by atoms with Crippen molar-refractivity contribution in [3.63, 3.8) is 0 Å². The molecule has 10 nitrogen and oxygen atoms in total. The van der Waals surface area contributed by atoms with Crippen LogP contribution in [0, 0.1) is 5.41 Å². The minimum absolute atomic E-state index is 0.0471. The highest BCUT2D eigenvalue weighted by Crippen LogP contribution is 2.39. The van der Waals surface area contributed by atoms with E-state index in [0.717, 1.165) is 15.9 Å². The molecule has 1 saturated heterocycles. The molecule has 0 aliphatic carbocycles. The maximum Gasteiger partial charge on any atom is 0.407 e. The molecule has 1 fully saturated rings. The Balaban J connectivity index is 1.50. The van der Waals surface area contributed by atoms with Crippen LogP contribution in [0.15, 0.2) is 59.5 Å². The van der Waals surface area contributed by atoms with Gasteiger partial charge in [0.1, 0.15) is 11.4 Å². The van der Waals surface area contributed by atoms with Crippen LogP contribution < -0.4 is 5.32 Å². The predicted molar refractivity (Wildman–Crippen MR) is 142 cm³/mol. The first-order valence-electron chi connectivity index (χ1n) is 12.1. The third-order valence-electron chi connectivity index (χ3n) is 6.83. The first-order valence-corrected chi connectivity index (χ1v) is 12.9. The second kappa shape index (κ2) is 9.62. The van der Waals surface area contributed by atoms with Crippen LogP contribution in [0.2, 0.25) is 0 Å². The first-order chi connectivity index (χ1) is 17.6. The first kappa shape index (κ1) is 24.9. The third kappa shape index (κ3) is 4.95. The van der Waals surface area contributed by atoms with Crippen molar-refractivity contribution in [2.24, 2.45) is 5.41 Å². The number of likely N-dealkylation sites (tertiary alicyclic amines) is 1. The summed E-state index contributed by atoms with van der Waals surface area (Å²) in [6.45, 7) is 6.62. The van der Waals surface area contributed by atoms with Crippen LogP contribution in [0.25, 0.3) is 11.3 Å². The Labute approximate surface area is 222 Å². The van der Waals surface area contributed by atoms with Gasteiger partial charge in [-0.3, -0.25) is 4.79 Å². The van der Waals surface area contributed by atoms with Crippen LogP contribution >= 0.6 is 15.9 Å². The molecule has 2 atom stereocenters. The molecule has 3 aromatic heterocycles. The van der Waals surface area contributed by atoms with E-state index in [4.69, 9.17) is 5.10 Å². The van der Waals surface area contributed by atoms with E-state index in [2.05, 4.69) is 52.1 Å². The minimum Gasteiger partial charge on any atom is -0.465 e. The van der Waals surface area contributed by atoms with Crippen molar-refractivity contribution in [2.75, 3.05) is 11.9 Å².